The molecule has 9 heteroatoms. The van der Waals surface area contributed by atoms with Crippen LogP contribution < -0.4 is 9.47 Å². The third-order valence-electron chi connectivity index (χ3n) is 4.78. The van der Waals surface area contributed by atoms with Gasteiger partial charge in [0.1, 0.15) is 0 Å². The zero-order chi connectivity index (χ0) is 22.2. The van der Waals surface area contributed by atoms with Crippen LogP contribution in [0.3, 0.4) is 0 Å². The van der Waals surface area contributed by atoms with Crippen molar-refractivity contribution in [3.63, 3.8) is 0 Å². The van der Waals surface area contributed by atoms with Gasteiger partial charge in [-0.1, -0.05) is 31.2 Å². The number of benzene rings is 1. The first-order valence-corrected chi connectivity index (χ1v) is 10.2. The lowest BCUT2D eigenvalue weighted by Crippen LogP contribution is -2.38. The van der Waals surface area contributed by atoms with E-state index >= 15 is 0 Å². The predicted molar refractivity (Wildman–Crippen MR) is 108 cm³/mol. The molecule has 2 heterocycles. The number of methoxy groups -OCH3 is 1. The molecule has 2 aromatic rings. The van der Waals surface area contributed by atoms with Crippen LogP contribution in [0.5, 0.6) is 11.9 Å². The molecule has 3 rings (SSSR count). The average molecular weight is 430 g/mol. The molecule has 0 saturated carbocycles. The number of carbonyl (C=O) groups excluding carboxylic acids is 2. The van der Waals surface area contributed by atoms with E-state index in [9.17, 15) is 9.59 Å². The van der Waals surface area contributed by atoms with Crippen LogP contribution in [0.15, 0.2) is 30.5 Å². The lowest BCUT2D eigenvalue weighted by molar-refractivity contribution is -0.271. The van der Waals surface area contributed by atoms with Gasteiger partial charge >= 0.3 is 17.9 Å². The molecular weight excluding hydrogens is 404 g/mol. The predicted octanol–water partition coefficient (Wildman–Crippen LogP) is 2.93. The second-order valence-electron chi connectivity index (χ2n) is 7.11. The van der Waals surface area contributed by atoms with E-state index in [1.165, 1.54) is 12.7 Å². The normalized spacial score (nSPS) is 18.2. The quantitative estimate of drug-likeness (QED) is 0.484. The van der Waals surface area contributed by atoms with Gasteiger partial charge in [0.25, 0.3) is 0 Å². The topological polar surface area (TPSA) is 106 Å². The van der Waals surface area contributed by atoms with E-state index in [0.717, 1.165) is 24.5 Å². The van der Waals surface area contributed by atoms with Crippen molar-refractivity contribution < 1.29 is 33.6 Å². The number of ether oxygens (including phenoxy) is 3. The van der Waals surface area contributed by atoms with Gasteiger partial charge < -0.3 is 14.2 Å². The monoisotopic (exact) mass is 430 g/mol. The molecule has 0 aliphatic carbocycles. The van der Waals surface area contributed by atoms with Gasteiger partial charge in [-0.15, -0.1) is 0 Å². The molecule has 1 fully saturated rings. The largest absolute Gasteiger partial charge is 0.467 e. The first kappa shape index (κ1) is 22.5. The maximum atomic E-state index is 12.0. The fraction of sp³-hybridized carbons (Fsp3) is 0.455. The molecule has 166 valence electrons. The maximum absolute atomic E-state index is 12.0. The molecule has 0 bridgehead atoms. The van der Waals surface area contributed by atoms with Gasteiger partial charge in [-0.2, -0.15) is 4.98 Å². The van der Waals surface area contributed by atoms with Crippen LogP contribution in [-0.2, 0) is 36.9 Å². The van der Waals surface area contributed by atoms with E-state index in [2.05, 4.69) is 50.9 Å². The van der Waals surface area contributed by atoms with Crippen LogP contribution in [0.4, 0.5) is 0 Å². The van der Waals surface area contributed by atoms with Gasteiger partial charge in [0.2, 0.25) is 12.2 Å². The Morgan fingerprint density at radius 3 is 2.55 bits per heavy atom. The number of carbonyl (C=O) groups is 2. The average Bonchev–Trinajstić information content (AvgIpc) is 2.79. The summed E-state index contributed by atoms with van der Waals surface area (Å²) in [6.45, 7) is 3.25. The lowest BCUT2D eigenvalue weighted by atomic mass is 10.0. The van der Waals surface area contributed by atoms with Crippen molar-refractivity contribution >= 4 is 11.9 Å². The van der Waals surface area contributed by atoms with Gasteiger partial charge in [-0.05, 0) is 30.4 Å². The minimum absolute atomic E-state index is 0.168. The Hall–Kier alpha value is -3.20. The van der Waals surface area contributed by atoms with Gasteiger partial charge in [-0.3, -0.25) is 0 Å². The summed E-state index contributed by atoms with van der Waals surface area (Å²) in [5, 5.41) is 0. The molecule has 9 nitrogen and oxygen atoms in total. The van der Waals surface area contributed by atoms with Gasteiger partial charge in [0.05, 0.1) is 7.11 Å². The summed E-state index contributed by atoms with van der Waals surface area (Å²) >= 11 is 0. The number of hydrogen-bond donors (Lipinski definition) is 0. The van der Waals surface area contributed by atoms with Crippen molar-refractivity contribution in [3.8, 4) is 11.9 Å². The highest BCUT2D eigenvalue weighted by atomic mass is 17.2. The minimum Gasteiger partial charge on any atom is -0.467 e. The summed E-state index contributed by atoms with van der Waals surface area (Å²) in [7, 11) is 1.47. The smallest absolute Gasteiger partial charge is 0.384 e. The summed E-state index contributed by atoms with van der Waals surface area (Å²) < 4.78 is 16.8. The highest BCUT2D eigenvalue weighted by molar-refractivity contribution is 5.75. The Balaban J connectivity index is 1.71. The van der Waals surface area contributed by atoms with Crippen LogP contribution in [0.1, 0.15) is 49.8 Å². The van der Waals surface area contributed by atoms with Gasteiger partial charge in [0, 0.05) is 31.5 Å². The Morgan fingerprint density at radius 1 is 1.13 bits per heavy atom. The molecular formula is C22H26N2O7. The van der Waals surface area contributed by atoms with Crippen molar-refractivity contribution in [1.29, 1.82) is 0 Å². The molecule has 1 aromatic heterocycles. The Kier molecular flexibility index (Phi) is 7.77. The van der Waals surface area contributed by atoms with Crippen molar-refractivity contribution in [3.05, 3.63) is 47.2 Å². The Morgan fingerprint density at radius 2 is 1.87 bits per heavy atom. The van der Waals surface area contributed by atoms with Crippen LogP contribution >= 0.6 is 0 Å². The SMILES string of the molecule is CCc1ccc(Cc2cnc(OC)nc2OC2CCCC(C(=O)OOC(C)=O)O2)cc1. The van der Waals surface area contributed by atoms with Crippen molar-refractivity contribution in [1.82, 2.24) is 9.97 Å². The molecule has 0 N–H and O–H groups in total. The standard InChI is InChI=1S/C22H26N2O7/c1-4-15-8-10-16(11-9-15)12-17-13-23-22(27-3)24-20(17)29-19-7-5-6-18(28-19)21(26)31-30-14(2)25/h8-11,13,18-19H,4-7,12H2,1-3H3. The second kappa shape index (κ2) is 10.7. The number of nitrogens with zero attached hydrogens (tertiary/aromatic N) is 2. The molecule has 1 aromatic carbocycles. The summed E-state index contributed by atoms with van der Waals surface area (Å²) in [5.74, 6) is -1.17. The summed E-state index contributed by atoms with van der Waals surface area (Å²) in [6.07, 6.45) is 3.24. The fourth-order valence-electron chi connectivity index (χ4n) is 3.14. The summed E-state index contributed by atoms with van der Waals surface area (Å²) in [6, 6.07) is 8.46. The molecule has 1 aliphatic rings. The molecule has 1 aliphatic heterocycles. The number of aryl methyl sites for hydroxylation is 1. The first-order valence-electron chi connectivity index (χ1n) is 10.2. The number of aromatic nitrogens is 2. The van der Waals surface area contributed by atoms with E-state index in [0.29, 0.717) is 31.6 Å². The maximum Gasteiger partial charge on any atom is 0.384 e. The third kappa shape index (κ3) is 6.39. The van der Waals surface area contributed by atoms with Gasteiger partial charge in [0.15, 0.2) is 6.10 Å². The molecule has 2 atom stereocenters. The van der Waals surface area contributed by atoms with Crippen LogP contribution in [0.25, 0.3) is 0 Å². The zero-order valence-corrected chi connectivity index (χ0v) is 17.8. The fourth-order valence-corrected chi connectivity index (χ4v) is 3.14. The summed E-state index contributed by atoms with van der Waals surface area (Å²) in [4.78, 5) is 40.2. The summed E-state index contributed by atoms with van der Waals surface area (Å²) in [5.41, 5.74) is 3.11. The number of hydrogen-bond acceptors (Lipinski definition) is 9. The van der Waals surface area contributed by atoms with Crippen LogP contribution in [-0.4, -0.2) is 41.4 Å². The van der Waals surface area contributed by atoms with Crippen molar-refractivity contribution in [2.24, 2.45) is 0 Å². The lowest BCUT2D eigenvalue weighted by Gasteiger charge is -2.28. The van der Waals surface area contributed by atoms with E-state index in [1.54, 1.807) is 6.20 Å². The molecule has 0 amide bonds. The first-order chi connectivity index (χ1) is 15.0. The number of rotatable bonds is 7. The minimum atomic E-state index is -0.896. The van der Waals surface area contributed by atoms with Crippen LogP contribution in [0, 0.1) is 0 Å². The molecule has 31 heavy (non-hydrogen) atoms. The van der Waals surface area contributed by atoms with Crippen molar-refractivity contribution in [2.75, 3.05) is 7.11 Å². The van der Waals surface area contributed by atoms with E-state index in [4.69, 9.17) is 14.2 Å². The highest BCUT2D eigenvalue weighted by Crippen LogP contribution is 2.27. The van der Waals surface area contributed by atoms with E-state index in [-0.39, 0.29) is 6.01 Å². The zero-order valence-electron chi connectivity index (χ0n) is 17.8. The second-order valence-corrected chi connectivity index (χ2v) is 7.11. The molecule has 0 radical (unpaired) electrons. The molecule has 0 spiro atoms. The Labute approximate surface area is 180 Å². The Bertz CT molecular complexity index is 901. The van der Waals surface area contributed by atoms with Gasteiger partial charge in [-0.25, -0.2) is 24.3 Å². The molecule has 2 unspecified atom stereocenters. The molecule has 1 saturated heterocycles. The van der Waals surface area contributed by atoms with Crippen molar-refractivity contribution in [2.45, 2.75) is 58.3 Å². The van der Waals surface area contributed by atoms with E-state index < -0.39 is 24.3 Å². The van der Waals surface area contributed by atoms with E-state index in [1.807, 2.05) is 0 Å². The highest BCUT2D eigenvalue weighted by Gasteiger charge is 2.32. The van der Waals surface area contributed by atoms with Crippen LogP contribution in [0.2, 0.25) is 0 Å². The third-order valence-corrected chi connectivity index (χ3v) is 4.78.